The molecule has 0 fully saturated rings. The van der Waals surface area contributed by atoms with Crippen LogP contribution in [0.5, 0.6) is 0 Å². The molecule has 1 aromatic carbocycles. The third kappa shape index (κ3) is 4.11. The molecule has 5 heteroatoms. The fourth-order valence-corrected chi connectivity index (χ4v) is 2.80. The SMILES string of the molecule is CC(=O)CCCSc1nccn1-c1cccc(Cl)c1. The molecule has 0 spiro atoms. The predicted octanol–water partition coefficient (Wildman–Crippen LogP) is 3.99. The summed E-state index contributed by atoms with van der Waals surface area (Å²) in [6.07, 6.45) is 5.19. The molecule has 1 aromatic heterocycles. The van der Waals surface area contributed by atoms with E-state index < -0.39 is 0 Å². The normalized spacial score (nSPS) is 10.6. The summed E-state index contributed by atoms with van der Waals surface area (Å²) in [5.74, 6) is 1.12. The first-order valence-electron chi connectivity index (χ1n) is 6.08. The summed E-state index contributed by atoms with van der Waals surface area (Å²) in [7, 11) is 0. The highest BCUT2D eigenvalue weighted by atomic mass is 35.5. The Morgan fingerprint density at radius 1 is 1.47 bits per heavy atom. The van der Waals surface area contributed by atoms with Crippen molar-refractivity contribution < 1.29 is 4.79 Å². The summed E-state index contributed by atoms with van der Waals surface area (Å²) in [6, 6.07) is 7.67. The van der Waals surface area contributed by atoms with Crippen LogP contribution in [0.2, 0.25) is 5.02 Å². The fourth-order valence-electron chi connectivity index (χ4n) is 1.70. The maximum Gasteiger partial charge on any atom is 0.172 e. The highest BCUT2D eigenvalue weighted by Gasteiger charge is 2.06. The Labute approximate surface area is 122 Å². The number of aromatic nitrogens is 2. The molecule has 0 atom stereocenters. The Morgan fingerprint density at radius 2 is 2.32 bits per heavy atom. The number of Topliss-reactive ketones (excluding diaryl/α,β-unsaturated/α-hetero) is 1. The van der Waals surface area contributed by atoms with Crippen molar-refractivity contribution in [3.8, 4) is 5.69 Å². The lowest BCUT2D eigenvalue weighted by Gasteiger charge is -2.07. The molecule has 2 rings (SSSR count). The molecule has 19 heavy (non-hydrogen) atoms. The van der Waals surface area contributed by atoms with Crippen molar-refractivity contribution in [2.24, 2.45) is 0 Å². The van der Waals surface area contributed by atoms with E-state index in [-0.39, 0.29) is 5.78 Å². The lowest BCUT2D eigenvalue weighted by Crippen LogP contribution is -1.96. The molecule has 0 aliphatic heterocycles. The van der Waals surface area contributed by atoms with Crippen molar-refractivity contribution in [1.82, 2.24) is 9.55 Å². The van der Waals surface area contributed by atoms with Crippen molar-refractivity contribution >= 4 is 29.1 Å². The number of carbonyl (C=O) groups is 1. The van der Waals surface area contributed by atoms with E-state index in [0.29, 0.717) is 11.4 Å². The van der Waals surface area contributed by atoms with E-state index in [4.69, 9.17) is 11.6 Å². The number of imidazole rings is 1. The second kappa shape index (κ2) is 6.78. The van der Waals surface area contributed by atoms with Crippen LogP contribution < -0.4 is 0 Å². The molecule has 100 valence electrons. The average Bonchev–Trinajstić information content (AvgIpc) is 2.83. The second-order valence-corrected chi connectivity index (χ2v) is 5.71. The van der Waals surface area contributed by atoms with Crippen LogP contribution in [0.1, 0.15) is 19.8 Å². The van der Waals surface area contributed by atoms with Gasteiger partial charge in [-0.2, -0.15) is 0 Å². The topological polar surface area (TPSA) is 34.9 Å². The van der Waals surface area contributed by atoms with Gasteiger partial charge in [0.15, 0.2) is 5.16 Å². The zero-order chi connectivity index (χ0) is 13.7. The maximum absolute atomic E-state index is 10.9. The fraction of sp³-hybridized carbons (Fsp3) is 0.286. The molecule has 1 heterocycles. The average molecular weight is 295 g/mol. The van der Waals surface area contributed by atoms with Crippen molar-refractivity contribution in [2.45, 2.75) is 24.9 Å². The Kier molecular flexibility index (Phi) is 5.05. The number of nitrogens with zero attached hydrogens (tertiary/aromatic N) is 2. The standard InChI is InChI=1S/C14H15ClN2OS/c1-11(18)4-3-9-19-14-16-7-8-17(14)13-6-2-5-12(15)10-13/h2,5-8,10H,3-4,9H2,1H3. The van der Waals surface area contributed by atoms with Crippen molar-refractivity contribution in [3.63, 3.8) is 0 Å². The minimum absolute atomic E-state index is 0.235. The van der Waals surface area contributed by atoms with Gasteiger partial charge >= 0.3 is 0 Å². The first-order valence-corrected chi connectivity index (χ1v) is 7.44. The van der Waals surface area contributed by atoms with Gasteiger partial charge in [-0.15, -0.1) is 0 Å². The molecule has 0 aliphatic carbocycles. The Balaban J connectivity index is 2.03. The number of rotatable bonds is 6. The number of thioether (sulfide) groups is 1. The number of carbonyl (C=O) groups excluding carboxylic acids is 1. The van der Waals surface area contributed by atoms with Crippen LogP contribution in [0.25, 0.3) is 5.69 Å². The lowest BCUT2D eigenvalue weighted by atomic mass is 10.3. The van der Waals surface area contributed by atoms with Crippen LogP contribution in [0.3, 0.4) is 0 Å². The summed E-state index contributed by atoms with van der Waals surface area (Å²) in [5, 5.41) is 1.63. The molecule has 0 radical (unpaired) electrons. The van der Waals surface area contributed by atoms with E-state index in [1.54, 1.807) is 24.9 Å². The minimum atomic E-state index is 0.235. The Bertz CT molecular complexity index is 568. The third-order valence-electron chi connectivity index (χ3n) is 2.60. The summed E-state index contributed by atoms with van der Waals surface area (Å²) in [5.41, 5.74) is 0.999. The molecule has 0 unspecified atom stereocenters. The van der Waals surface area contributed by atoms with Crippen LogP contribution in [0.4, 0.5) is 0 Å². The van der Waals surface area contributed by atoms with Crippen molar-refractivity contribution in [3.05, 3.63) is 41.7 Å². The molecular formula is C14H15ClN2OS. The molecule has 0 N–H and O–H groups in total. The molecule has 0 saturated carbocycles. The molecule has 0 bridgehead atoms. The van der Waals surface area contributed by atoms with Gasteiger partial charge < -0.3 is 4.79 Å². The predicted molar refractivity (Wildman–Crippen MR) is 79.2 cm³/mol. The van der Waals surface area contributed by atoms with E-state index in [1.165, 1.54) is 0 Å². The van der Waals surface area contributed by atoms with Gasteiger partial charge in [0.25, 0.3) is 0 Å². The maximum atomic E-state index is 10.9. The van der Waals surface area contributed by atoms with Crippen LogP contribution in [0.15, 0.2) is 41.8 Å². The first-order chi connectivity index (χ1) is 9.16. The summed E-state index contributed by atoms with van der Waals surface area (Å²) < 4.78 is 2.00. The van der Waals surface area contributed by atoms with Gasteiger partial charge in [-0.25, -0.2) is 4.98 Å². The molecule has 0 aliphatic rings. The Morgan fingerprint density at radius 3 is 3.05 bits per heavy atom. The number of benzene rings is 1. The van der Waals surface area contributed by atoms with Gasteiger partial charge in [0.05, 0.1) is 0 Å². The number of ketones is 1. The van der Waals surface area contributed by atoms with Gasteiger partial charge in [0, 0.05) is 35.3 Å². The van der Waals surface area contributed by atoms with Gasteiger partial charge in [0.1, 0.15) is 5.78 Å². The minimum Gasteiger partial charge on any atom is -0.300 e. The Hall–Kier alpha value is -1.26. The van der Waals surface area contributed by atoms with Gasteiger partial charge in [-0.05, 0) is 31.5 Å². The zero-order valence-electron chi connectivity index (χ0n) is 10.7. The van der Waals surface area contributed by atoms with E-state index >= 15 is 0 Å². The molecular weight excluding hydrogens is 280 g/mol. The molecule has 3 nitrogen and oxygen atoms in total. The highest BCUT2D eigenvalue weighted by molar-refractivity contribution is 7.99. The highest BCUT2D eigenvalue weighted by Crippen LogP contribution is 2.23. The van der Waals surface area contributed by atoms with E-state index in [0.717, 1.165) is 23.0 Å². The lowest BCUT2D eigenvalue weighted by molar-refractivity contribution is -0.117. The quantitative estimate of drug-likeness (QED) is 0.597. The summed E-state index contributed by atoms with van der Waals surface area (Å²) >= 11 is 7.65. The summed E-state index contributed by atoms with van der Waals surface area (Å²) in [4.78, 5) is 15.2. The third-order valence-corrected chi connectivity index (χ3v) is 3.89. The van der Waals surface area contributed by atoms with Crippen LogP contribution in [0, 0.1) is 0 Å². The summed E-state index contributed by atoms with van der Waals surface area (Å²) in [6.45, 7) is 1.62. The van der Waals surface area contributed by atoms with E-state index in [2.05, 4.69) is 4.98 Å². The van der Waals surface area contributed by atoms with Crippen LogP contribution in [-0.4, -0.2) is 21.1 Å². The molecule has 0 amide bonds. The smallest absolute Gasteiger partial charge is 0.172 e. The van der Waals surface area contributed by atoms with Crippen molar-refractivity contribution in [2.75, 3.05) is 5.75 Å². The largest absolute Gasteiger partial charge is 0.300 e. The zero-order valence-corrected chi connectivity index (χ0v) is 12.2. The number of halogens is 1. The monoisotopic (exact) mass is 294 g/mol. The van der Waals surface area contributed by atoms with Crippen LogP contribution >= 0.6 is 23.4 Å². The molecule has 2 aromatic rings. The van der Waals surface area contributed by atoms with Crippen LogP contribution in [-0.2, 0) is 4.79 Å². The van der Waals surface area contributed by atoms with Crippen molar-refractivity contribution in [1.29, 1.82) is 0 Å². The van der Waals surface area contributed by atoms with Gasteiger partial charge in [-0.3, -0.25) is 4.57 Å². The van der Waals surface area contributed by atoms with E-state index in [9.17, 15) is 4.79 Å². The number of hydrogen-bond acceptors (Lipinski definition) is 3. The van der Waals surface area contributed by atoms with E-state index in [1.807, 2.05) is 35.0 Å². The molecule has 0 saturated heterocycles. The van der Waals surface area contributed by atoms with Gasteiger partial charge in [0.2, 0.25) is 0 Å². The number of hydrogen-bond donors (Lipinski definition) is 0. The second-order valence-electron chi connectivity index (χ2n) is 4.21. The first kappa shape index (κ1) is 14.2. The van der Waals surface area contributed by atoms with Gasteiger partial charge in [-0.1, -0.05) is 29.4 Å².